The van der Waals surface area contributed by atoms with Crippen LogP contribution in [0.2, 0.25) is 5.02 Å². The van der Waals surface area contributed by atoms with Gasteiger partial charge in [-0.15, -0.1) is 0 Å². The van der Waals surface area contributed by atoms with Gasteiger partial charge in [-0.3, -0.25) is 0 Å². The van der Waals surface area contributed by atoms with Gasteiger partial charge in [-0.1, -0.05) is 11.6 Å². The van der Waals surface area contributed by atoms with Gasteiger partial charge in [-0.25, -0.2) is 4.68 Å². The normalized spacial score (nSPS) is 10.6. The molecule has 0 aliphatic carbocycles. The second-order valence-electron chi connectivity index (χ2n) is 3.05. The molecule has 0 aliphatic heterocycles. The van der Waals surface area contributed by atoms with E-state index in [4.69, 9.17) is 17.3 Å². The van der Waals surface area contributed by atoms with Crippen molar-refractivity contribution in [1.29, 1.82) is 0 Å². The fraction of sp³-hybridized carbons (Fsp3) is 0.100. The Morgan fingerprint density at radius 2 is 2.00 bits per heavy atom. The van der Waals surface area contributed by atoms with Crippen molar-refractivity contribution in [1.82, 2.24) is 9.78 Å². The van der Waals surface area contributed by atoms with Crippen LogP contribution < -0.4 is 5.73 Å². The van der Waals surface area contributed by atoms with Gasteiger partial charge >= 0.3 is 0 Å². The number of nitrogens with zero attached hydrogens (tertiary/aromatic N) is 2. The Morgan fingerprint density at radius 3 is 2.53 bits per heavy atom. The molecule has 0 unspecified atom stereocenters. The van der Waals surface area contributed by atoms with Gasteiger partial charge in [0.1, 0.15) is 0 Å². The molecule has 5 heteroatoms. The second kappa shape index (κ2) is 4.35. The molecular weight excluding hydrogens is 277 g/mol. The summed E-state index contributed by atoms with van der Waals surface area (Å²) in [6, 6.07) is 7.47. The lowest BCUT2D eigenvalue weighted by Gasteiger charge is -2.00. The summed E-state index contributed by atoms with van der Waals surface area (Å²) >= 11 is 9.20. The van der Waals surface area contributed by atoms with Gasteiger partial charge in [0.2, 0.25) is 0 Å². The summed E-state index contributed by atoms with van der Waals surface area (Å²) in [7, 11) is 0. The quantitative estimate of drug-likeness (QED) is 0.922. The highest BCUT2D eigenvalue weighted by Crippen LogP contribution is 2.18. The fourth-order valence-corrected chi connectivity index (χ4v) is 1.81. The molecule has 0 atom stereocenters. The first kappa shape index (κ1) is 10.7. The van der Waals surface area contributed by atoms with Crippen molar-refractivity contribution in [2.24, 2.45) is 5.73 Å². The van der Waals surface area contributed by atoms with Crippen LogP contribution in [0.4, 0.5) is 0 Å². The molecule has 1 aromatic heterocycles. The molecule has 0 bridgehead atoms. The van der Waals surface area contributed by atoms with Crippen LogP contribution in [0.25, 0.3) is 5.69 Å². The van der Waals surface area contributed by atoms with Gasteiger partial charge in [0.25, 0.3) is 0 Å². The molecule has 1 heterocycles. The highest BCUT2D eigenvalue weighted by Gasteiger charge is 2.05. The third-order valence-electron chi connectivity index (χ3n) is 2.02. The van der Waals surface area contributed by atoms with Crippen LogP contribution in [0.15, 0.2) is 34.9 Å². The summed E-state index contributed by atoms with van der Waals surface area (Å²) < 4.78 is 2.68. The molecule has 0 radical (unpaired) electrons. The zero-order valence-electron chi connectivity index (χ0n) is 7.82. The van der Waals surface area contributed by atoms with E-state index in [1.807, 2.05) is 30.5 Å². The average molecular weight is 287 g/mol. The predicted octanol–water partition coefficient (Wildman–Crippen LogP) is 2.75. The number of rotatable bonds is 2. The standard InChI is InChI=1S/C10H9BrClN3/c11-9-6-15(14-10(9)5-13)8-3-1-7(12)2-4-8/h1-4,6H,5,13H2. The molecule has 0 saturated heterocycles. The van der Waals surface area contributed by atoms with Crippen molar-refractivity contribution in [2.75, 3.05) is 0 Å². The van der Waals surface area contributed by atoms with Gasteiger partial charge in [0.15, 0.2) is 0 Å². The minimum atomic E-state index is 0.418. The SMILES string of the molecule is NCc1nn(-c2ccc(Cl)cc2)cc1Br. The topological polar surface area (TPSA) is 43.8 Å². The minimum absolute atomic E-state index is 0.418. The molecule has 2 rings (SSSR count). The van der Waals surface area contributed by atoms with Gasteiger partial charge < -0.3 is 5.73 Å². The molecule has 0 saturated carbocycles. The van der Waals surface area contributed by atoms with E-state index in [-0.39, 0.29) is 0 Å². The summed E-state index contributed by atoms with van der Waals surface area (Å²) in [5, 5.41) is 5.04. The monoisotopic (exact) mass is 285 g/mol. The van der Waals surface area contributed by atoms with Crippen molar-refractivity contribution >= 4 is 27.5 Å². The molecule has 0 spiro atoms. The smallest absolute Gasteiger partial charge is 0.0906 e. The van der Waals surface area contributed by atoms with Crippen LogP contribution in [-0.2, 0) is 6.54 Å². The Bertz CT molecular complexity index is 464. The third kappa shape index (κ3) is 2.22. The molecule has 0 amide bonds. The van der Waals surface area contributed by atoms with E-state index in [1.54, 1.807) is 4.68 Å². The molecule has 0 aliphatic rings. The molecule has 78 valence electrons. The maximum Gasteiger partial charge on any atom is 0.0906 e. The van der Waals surface area contributed by atoms with E-state index >= 15 is 0 Å². The number of hydrogen-bond donors (Lipinski definition) is 1. The lowest BCUT2D eigenvalue weighted by molar-refractivity contribution is 0.833. The molecular formula is C10H9BrClN3. The van der Waals surface area contributed by atoms with Crippen molar-refractivity contribution in [3.05, 3.63) is 45.7 Å². The number of nitrogens with two attached hydrogens (primary N) is 1. The Kier molecular flexibility index (Phi) is 3.09. The Balaban J connectivity index is 2.41. The Hall–Kier alpha value is -0.840. The van der Waals surface area contributed by atoms with Gasteiger partial charge in [-0.2, -0.15) is 5.10 Å². The molecule has 2 N–H and O–H groups in total. The van der Waals surface area contributed by atoms with Crippen LogP contribution in [0.3, 0.4) is 0 Å². The second-order valence-corrected chi connectivity index (χ2v) is 4.34. The predicted molar refractivity (Wildman–Crippen MR) is 64.2 cm³/mol. The molecule has 0 fully saturated rings. The first-order valence-electron chi connectivity index (χ1n) is 4.41. The lowest BCUT2D eigenvalue weighted by atomic mass is 10.3. The van der Waals surface area contributed by atoms with Crippen LogP contribution in [0.5, 0.6) is 0 Å². The summed E-state index contributed by atoms with van der Waals surface area (Å²) in [4.78, 5) is 0. The Morgan fingerprint density at radius 1 is 1.33 bits per heavy atom. The number of aromatic nitrogens is 2. The van der Waals surface area contributed by atoms with Crippen molar-refractivity contribution < 1.29 is 0 Å². The third-order valence-corrected chi connectivity index (χ3v) is 2.94. The van der Waals surface area contributed by atoms with Crippen LogP contribution in [0.1, 0.15) is 5.69 Å². The average Bonchev–Trinajstić information content (AvgIpc) is 2.61. The Labute approximate surface area is 101 Å². The van der Waals surface area contributed by atoms with Crippen molar-refractivity contribution in [2.45, 2.75) is 6.54 Å². The molecule has 3 nitrogen and oxygen atoms in total. The number of benzene rings is 1. The molecule has 1 aromatic carbocycles. The molecule has 15 heavy (non-hydrogen) atoms. The maximum atomic E-state index is 5.80. The highest BCUT2D eigenvalue weighted by atomic mass is 79.9. The fourth-order valence-electron chi connectivity index (χ4n) is 1.25. The van der Waals surface area contributed by atoms with E-state index < -0.39 is 0 Å². The van der Waals surface area contributed by atoms with Crippen LogP contribution in [-0.4, -0.2) is 9.78 Å². The van der Waals surface area contributed by atoms with E-state index in [1.165, 1.54) is 0 Å². The minimum Gasteiger partial charge on any atom is -0.325 e. The lowest BCUT2D eigenvalue weighted by Crippen LogP contribution is -2.00. The van der Waals surface area contributed by atoms with Crippen molar-refractivity contribution in [3.63, 3.8) is 0 Å². The summed E-state index contributed by atoms with van der Waals surface area (Å²) in [5.41, 5.74) is 7.34. The van der Waals surface area contributed by atoms with Crippen molar-refractivity contribution in [3.8, 4) is 5.69 Å². The first-order chi connectivity index (χ1) is 7.20. The van der Waals surface area contributed by atoms with Gasteiger partial charge in [0, 0.05) is 17.8 Å². The van der Waals surface area contributed by atoms with E-state index in [9.17, 15) is 0 Å². The largest absolute Gasteiger partial charge is 0.325 e. The zero-order valence-corrected chi connectivity index (χ0v) is 10.2. The maximum absolute atomic E-state index is 5.80. The van der Waals surface area contributed by atoms with Crippen LogP contribution >= 0.6 is 27.5 Å². The van der Waals surface area contributed by atoms with E-state index in [2.05, 4.69) is 21.0 Å². The van der Waals surface area contributed by atoms with Crippen LogP contribution in [0, 0.1) is 0 Å². The van der Waals surface area contributed by atoms with E-state index in [0.717, 1.165) is 15.9 Å². The summed E-state index contributed by atoms with van der Waals surface area (Å²) in [6.07, 6.45) is 1.88. The number of halogens is 2. The molecule has 2 aromatic rings. The van der Waals surface area contributed by atoms with E-state index in [0.29, 0.717) is 11.6 Å². The van der Waals surface area contributed by atoms with Gasteiger partial charge in [-0.05, 0) is 40.2 Å². The summed E-state index contributed by atoms with van der Waals surface area (Å²) in [5.74, 6) is 0. The number of hydrogen-bond acceptors (Lipinski definition) is 2. The first-order valence-corrected chi connectivity index (χ1v) is 5.58. The highest BCUT2D eigenvalue weighted by molar-refractivity contribution is 9.10. The summed E-state index contributed by atoms with van der Waals surface area (Å²) in [6.45, 7) is 0.418. The van der Waals surface area contributed by atoms with Gasteiger partial charge in [0.05, 0.1) is 15.9 Å². The zero-order chi connectivity index (χ0) is 10.8.